The van der Waals surface area contributed by atoms with Gasteiger partial charge in [0.1, 0.15) is 27.1 Å². The van der Waals surface area contributed by atoms with Crippen LogP contribution in [0.5, 0.6) is 11.5 Å². The number of rotatable bonds is 14. The van der Waals surface area contributed by atoms with Gasteiger partial charge in [-0.25, -0.2) is 9.59 Å². The van der Waals surface area contributed by atoms with Crippen LogP contribution in [0.15, 0.2) is 67.0 Å². The number of hydrogen-bond donors (Lipinski definition) is 2. The number of thiophene rings is 1. The number of piperidine rings is 3. The summed E-state index contributed by atoms with van der Waals surface area (Å²) in [6, 6.07) is 14.4. The number of aromatic carboxylic acids is 1. The molecule has 2 aromatic heterocycles. The van der Waals surface area contributed by atoms with Crippen LogP contribution in [0.3, 0.4) is 0 Å². The topological polar surface area (TPSA) is 124 Å². The average Bonchev–Trinajstić information content (AvgIpc) is 3.53. The molecule has 0 spiro atoms. The highest BCUT2D eigenvalue weighted by Crippen LogP contribution is 2.41. The van der Waals surface area contributed by atoms with Gasteiger partial charge in [0.05, 0.1) is 7.11 Å². The SMILES string of the molecule is COc1cc([C@H](Cc2c(Cl)c[n+]([O-])cc2Cl)c2cc(CNC(C(=O)O[C@H]3CN4CCC3CC4)c3ccccc3)sc2C(=O)O)ccc1OC(F)F. The molecule has 0 saturated carbocycles. The van der Waals surface area contributed by atoms with Crippen LogP contribution in [0.25, 0.3) is 0 Å². The molecule has 3 aliphatic heterocycles. The second-order valence-electron chi connectivity index (χ2n) is 12.5. The van der Waals surface area contributed by atoms with E-state index in [1.807, 2.05) is 30.3 Å². The van der Waals surface area contributed by atoms with Gasteiger partial charge in [-0.05, 0) is 73.2 Å². The number of carboxylic acids is 1. The summed E-state index contributed by atoms with van der Waals surface area (Å²) in [6.07, 6.45) is 4.10. The molecule has 270 valence electrons. The third-order valence-electron chi connectivity index (χ3n) is 9.37. The maximum absolute atomic E-state index is 13.7. The van der Waals surface area contributed by atoms with Crippen molar-refractivity contribution in [3.05, 3.63) is 114 Å². The number of methoxy groups -OCH3 is 1. The standard InChI is InChI=1S/C36H35Cl2F2N3O7S/c1-48-30-13-22(7-8-29(30)50-36(39)40)24(15-26-27(37)17-43(47)18-28(26)38)25-14-23(51-33(25)34(44)45)16-41-32(21-5-3-2-4-6-21)35(46)49-31-19-42-11-9-20(31)10-12-42/h2-8,13-14,17-18,20,24,31-32,36,41H,9-12,15-16,19H2,1H3,(H,44,45)/t24-,31-,32?/m0/s1. The number of aromatic nitrogens is 1. The molecule has 15 heteroatoms. The summed E-state index contributed by atoms with van der Waals surface area (Å²) in [4.78, 5) is 29.4. The largest absolute Gasteiger partial charge is 0.619 e. The van der Waals surface area contributed by atoms with E-state index in [0.29, 0.717) is 44.3 Å². The Morgan fingerprint density at radius 3 is 2.37 bits per heavy atom. The fraction of sp³-hybridized carbons (Fsp3) is 0.361. The van der Waals surface area contributed by atoms with Gasteiger partial charge in [-0.1, -0.05) is 59.6 Å². The lowest BCUT2D eigenvalue weighted by Gasteiger charge is -2.44. The number of carbonyl (C=O) groups excluding carboxylic acids is 1. The number of halogens is 4. The van der Waals surface area contributed by atoms with Crippen LogP contribution in [-0.2, 0) is 22.5 Å². The van der Waals surface area contributed by atoms with Gasteiger partial charge in [-0.3, -0.25) is 10.2 Å². The highest BCUT2D eigenvalue weighted by atomic mass is 35.5. The molecule has 7 rings (SSSR count). The minimum absolute atomic E-state index is 0.00153. The summed E-state index contributed by atoms with van der Waals surface area (Å²) >= 11 is 14.0. The number of ether oxygens (including phenoxy) is 3. The van der Waals surface area contributed by atoms with Gasteiger partial charge in [0.2, 0.25) is 0 Å². The van der Waals surface area contributed by atoms with E-state index in [1.54, 1.807) is 6.07 Å². The van der Waals surface area contributed by atoms with Crippen LogP contribution in [0.1, 0.15) is 61.6 Å². The zero-order chi connectivity index (χ0) is 36.2. The minimum atomic E-state index is -3.10. The molecular weight excluding hydrogens is 727 g/mol. The fourth-order valence-corrected chi connectivity index (χ4v) is 8.46. The lowest BCUT2D eigenvalue weighted by Crippen LogP contribution is -2.52. The van der Waals surface area contributed by atoms with Gasteiger partial charge in [0.25, 0.3) is 0 Å². The zero-order valence-corrected chi connectivity index (χ0v) is 29.7. The molecule has 0 aliphatic carbocycles. The van der Waals surface area contributed by atoms with Crippen molar-refractivity contribution < 1.29 is 42.4 Å². The van der Waals surface area contributed by atoms with Crippen molar-refractivity contribution in [2.24, 2.45) is 5.92 Å². The van der Waals surface area contributed by atoms with Crippen LogP contribution < -0.4 is 19.5 Å². The van der Waals surface area contributed by atoms with Crippen LogP contribution in [-0.4, -0.2) is 61.4 Å². The first-order valence-corrected chi connectivity index (χ1v) is 17.8. The summed E-state index contributed by atoms with van der Waals surface area (Å²) in [5, 5.41) is 25.8. The maximum atomic E-state index is 13.7. The van der Waals surface area contributed by atoms with Crippen molar-refractivity contribution in [3.8, 4) is 11.5 Å². The number of esters is 1. The van der Waals surface area contributed by atoms with Crippen molar-refractivity contribution in [2.45, 2.75) is 50.5 Å². The molecule has 2 N–H and O–H groups in total. The van der Waals surface area contributed by atoms with Gasteiger partial charge in [0, 0.05) is 29.4 Å². The number of hydrogen-bond acceptors (Lipinski definition) is 9. The Labute approximate surface area is 307 Å². The summed E-state index contributed by atoms with van der Waals surface area (Å²) in [5.41, 5.74) is 1.96. The summed E-state index contributed by atoms with van der Waals surface area (Å²) < 4.78 is 42.7. The van der Waals surface area contributed by atoms with Crippen LogP contribution in [0, 0.1) is 11.1 Å². The first kappa shape index (κ1) is 36.8. The number of benzene rings is 2. The summed E-state index contributed by atoms with van der Waals surface area (Å²) in [7, 11) is 1.30. The number of fused-ring (bicyclic) bond motifs is 3. The second-order valence-corrected chi connectivity index (χ2v) is 14.4. The van der Waals surface area contributed by atoms with E-state index < -0.39 is 30.5 Å². The van der Waals surface area contributed by atoms with Gasteiger partial charge in [-0.15, -0.1) is 11.3 Å². The Morgan fingerprint density at radius 2 is 1.76 bits per heavy atom. The molecule has 1 unspecified atom stereocenters. The maximum Gasteiger partial charge on any atom is 0.387 e. The number of carboxylic acid groups (broad SMARTS) is 1. The number of pyridine rings is 1. The van der Waals surface area contributed by atoms with Gasteiger partial charge >= 0.3 is 18.6 Å². The van der Waals surface area contributed by atoms with E-state index in [1.165, 1.54) is 25.3 Å². The number of nitrogens with one attached hydrogen (secondary N) is 1. The van der Waals surface area contributed by atoms with E-state index in [0.717, 1.165) is 49.7 Å². The van der Waals surface area contributed by atoms with Crippen LogP contribution >= 0.6 is 34.5 Å². The van der Waals surface area contributed by atoms with E-state index in [4.69, 9.17) is 32.7 Å². The Bertz CT molecular complexity index is 1850. The molecule has 0 radical (unpaired) electrons. The fourth-order valence-electron chi connectivity index (χ4n) is 6.85. The average molecular weight is 763 g/mol. The Hall–Kier alpha value is -4.01. The zero-order valence-electron chi connectivity index (χ0n) is 27.4. The number of carbonyl (C=O) groups is 2. The second kappa shape index (κ2) is 16.1. The molecule has 2 aromatic carbocycles. The normalized spacial score (nSPS) is 19.5. The smallest absolute Gasteiger partial charge is 0.387 e. The van der Waals surface area contributed by atoms with Crippen molar-refractivity contribution >= 4 is 46.5 Å². The third kappa shape index (κ3) is 8.56. The van der Waals surface area contributed by atoms with E-state index in [-0.39, 0.29) is 45.5 Å². The van der Waals surface area contributed by atoms with Crippen LogP contribution in [0.4, 0.5) is 8.78 Å². The quantitative estimate of drug-likeness (QED) is 0.0808. The van der Waals surface area contributed by atoms with Gasteiger partial charge in [-0.2, -0.15) is 13.5 Å². The molecular formula is C36H35Cl2F2N3O7S. The summed E-state index contributed by atoms with van der Waals surface area (Å²) in [5.74, 6) is -2.23. The molecule has 3 aliphatic rings. The molecule has 0 amide bonds. The molecule has 51 heavy (non-hydrogen) atoms. The van der Waals surface area contributed by atoms with Crippen molar-refractivity contribution in [1.82, 2.24) is 10.2 Å². The van der Waals surface area contributed by atoms with Crippen LogP contribution in [0.2, 0.25) is 10.0 Å². The first-order chi connectivity index (χ1) is 24.5. The predicted octanol–water partition coefficient (Wildman–Crippen LogP) is 6.84. The Morgan fingerprint density at radius 1 is 1.06 bits per heavy atom. The predicted molar refractivity (Wildman–Crippen MR) is 187 cm³/mol. The van der Waals surface area contributed by atoms with Crippen molar-refractivity contribution in [2.75, 3.05) is 26.7 Å². The Kier molecular flexibility index (Phi) is 11.6. The monoisotopic (exact) mass is 761 g/mol. The molecule has 4 aromatic rings. The lowest BCUT2D eigenvalue weighted by molar-refractivity contribution is -0.605. The van der Waals surface area contributed by atoms with E-state index >= 15 is 0 Å². The number of nitrogens with zero attached hydrogens (tertiary/aromatic N) is 2. The van der Waals surface area contributed by atoms with Crippen molar-refractivity contribution in [3.63, 3.8) is 0 Å². The van der Waals surface area contributed by atoms with E-state index in [2.05, 4.69) is 15.0 Å². The third-order valence-corrected chi connectivity index (χ3v) is 11.2. The number of alkyl halides is 2. The van der Waals surface area contributed by atoms with Gasteiger partial charge < -0.3 is 24.5 Å². The van der Waals surface area contributed by atoms with E-state index in [9.17, 15) is 28.7 Å². The minimum Gasteiger partial charge on any atom is -0.619 e. The molecule has 10 nitrogen and oxygen atoms in total. The Balaban J connectivity index is 1.33. The molecule has 2 bridgehead atoms. The molecule has 5 heterocycles. The molecule has 3 saturated heterocycles. The lowest BCUT2D eigenvalue weighted by atomic mass is 9.85. The van der Waals surface area contributed by atoms with Crippen molar-refractivity contribution in [1.29, 1.82) is 0 Å². The molecule has 3 fully saturated rings. The highest BCUT2D eigenvalue weighted by Gasteiger charge is 2.38. The highest BCUT2D eigenvalue weighted by molar-refractivity contribution is 7.14. The summed E-state index contributed by atoms with van der Waals surface area (Å²) in [6.45, 7) is -0.248. The first-order valence-electron chi connectivity index (χ1n) is 16.3. The molecule has 3 atom stereocenters. The van der Waals surface area contributed by atoms with Gasteiger partial charge in [0.15, 0.2) is 23.9 Å².